The Balaban J connectivity index is 1.37. The number of anilines is 1. The number of thiophene rings is 1. The van der Waals surface area contributed by atoms with Crippen molar-refractivity contribution in [3.63, 3.8) is 0 Å². The summed E-state index contributed by atoms with van der Waals surface area (Å²) in [6.45, 7) is 3.77. The number of carbonyl (C=O) groups excluding carboxylic acids is 1. The highest BCUT2D eigenvalue weighted by Crippen LogP contribution is 2.37. The van der Waals surface area contributed by atoms with Gasteiger partial charge in [0.25, 0.3) is 0 Å². The van der Waals surface area contributed by atoms with Crippen molar-refractivity contribution in [3.8, 4) is 6.07 Å². The maximum absolute atomic E-state index is 12.8. The van der Waals surface area contributed by atoms with E-state index in [1.807, 2.05) is 12.1 Å². The predicted octanol–water partition coefficient (Wildman–Crippen LogP) is 5.32. The van der Waals surface area contributed by atoms with Crippen LogP contribution in [0.25, 0.3) is 0 Å². The maximum atomic E-state index is 12.8. The van der Waals surface area contributed by atoms with Crippen molar-refractivity contribution in [1.82, 2.24) is 4.90 Å². The smallest absolute Gasteiger partial charge is 0.229 e. The summed E-state index contributed by atoms with van der Waals surface area (Å²) in [7, 11) is 1.72. The molecule has 1 amide bonds. The molecule has 1 fully saturated rings. The number of nitriles is 1. The summed E-state index contributed by atoms with van der Waals surface area (Å²) in [5.41, 5.74) is 4.03. The summed E-state index contributed by atoms with van der Waals surface area (Å²) >= 11 is 1.60. The number of hydrogen-bond acceptors (Lipinski definition) is 5. The fourth-order valence-electron chi connectivity index (χ4n) is 5.21. The summed E-state index contributed by atoms with van der Waals surface area (Å²) in [5, 5.41) is 13.7. The molecule has 0 bridgehead atoms. The Morgan fingerprint density at radius 1 is 1.27 bits per heavy atom. The number of nitrogens with zero attached hydrogens (tertiary/aromatic N) is 2. The lowest BCUT2D eigenvalue weighted by Crippen LogP contribution is -2.34. The average molecular weight is 466 g/mol. The first-order valence-electron chi connectivity index (χ1n) is 12.3. The van der Waals surface area contributed by atoms with Crippen LogP contribution in [0.15, 0.2) is 24.3 Å². The van der Waals surface area contributed by atoms with Crippen LogP contribution in [0.4, 0.5) is 5.00 Å². The summed E-state index contributed by atoms with van der Waals surface area (Å²) in [4.78, 5) is 16.6. The van der Waals surface area contributed by atoms with Gasteiger partial charge in [0.15, 0.2) is 0 Å². The van der Waals surface area contributed by atoms with E-state index in [9.17, 15) is 10.1 Å². The van der Waals surface area contributed by atoms with Gasteiger partial charge in [-0.2, -0.15) is 5.26 Å². The van der Waals surface area contributed by atoms with Crippen molar-refractivity contribution in [2.75, 3.05) is 32.1 Å². The molecule has 1 aliphatic heterocycles. The number of methoxy groups -OCH3 is 1. The number of ether oxygens (including phenoxy) is 1. The number of hydrogen-bond donors (Lipinski definition) is 1. The molecule has 0 unspecified atom stereocenters. The standard InChI is InChI=1S/C27H35N3O2S/c1-32-14-6-11-20-9-5-10-22(15-20)16-26(31)29-27-23(17-28)24-19-30(13-12-25(24)33-27)18-21-7-3-2-4-8-21/h5,9-10,15,21H,2-4,6-8,11-14,16,18-19H2,1H3,(H,29,31). The first-order chi connectivity index (χ1) is 16.2. The fraction of sp³-hybridized carbons (Fsp3) is 0.556. The lowest BCUT2D eigenvalue weighted by atomic mass is 9.88. The van der Waals surface area contributed by atoms with Crippen LogP contribution in [0.2, 0.25) is 0 Å². The molecular formula is C27H35N3O2S. The van der Waals surface area contributed by atoms with Crippen LogP contribution in [-0.4, -0.2) is 37.6 Å². The van der Waals surface area contributed by atoms with Gasteiger partial charge in [-0.25, -0.2) is 0 Å². The van der Waals surface area contributed by atoms with Gasteiger partial charge in [-0.05, 0) is 49.1 Å². The van der Waals surface area contributed by atoms with E-state index in [1.54, 1.807) is 18.4 Å². The normalized spacial score (nSPS) is 16.8. The zero-order valence-electron chi connectivity index (χ0n) is 19.7. The van der Waals surface area contributed by atoms with Crippen molar-refractivity contribution in [2.45, 2.75) is 64.3 Å². The van der Waals surface area contributed by atoms with Crippen LogP contribution >= 0.6 is 11.3 Å². The molecule has 2 heterocycles. The molecule has 0 atom stereocenters. The summed E-state index contributed by atoms with van der Waals surface area (Å²) < 4.78 is 5.13. The number of carbonyl (C=O) groups is 1. The fourth-order valence-corrected chi connectivity index (χ4v) is 6.38. The predicted molar refractivity (Wildman–Crippen MR) is 134 cm³/mol. The number of fused-ring (bicyclic) bond motifs is 1. The summed E-state index contributed by atoms with van der Waals surface area (Å²) in [6, 6.07) is 10.6. The maximum Gasteiger partial charge on any atom is 0.229 e. The van der Waals surface area contributed by atoms with Crippen molar-refractivity contribution >= 4 is 22.2 Å². The zero-order valence-corrected chi connectivity index (χ0v) is 20.5. The van der Waals surface area contributed by atoms with Crippen LogP contribution < -0.4 is 5.32 Å². The van der Waals surface area contributed by atoms with Crippen molar-refractivity contribution < 1.29 is 9.53 Å². The molecule has 0 radical (unpaired) electrons. The van der Waals surface area contributed by atoms with Crippen molar-refractivity contribution in [3.05, 3.63) is 51.4 Å². The lowest BCUT2D eigenvalue weighted by Gasteiger charge is -2.32. The highest BCUT2D eigenvalue weighted by molar-refractivity contribution is 7.16. The SMILES string of the molecule is COCCCc1cccc(CC(=O)Nc2sc3c(c2C#N)CN(CC2CCCCC2)CC3)c1. The lowest BCUT2D eigenvalue weighted by molar-refractivity contribution is -0.115. The first-order valence-corrected chi connectivity index (χ1v) is 13.1. The van der Waals surface area contributed by atoms with E-state index in [4.69, 9.17) is 4.74 Å². The van der Waals surface area contributed by atoms with Gasteiger partial charge >= 0.3 is 0 Å². The van der Waals surface area contributed by atoms with Gasteiger partial charge in [-0.3, -0.25) is 9.69 Å². The molecule has 4 rings (SSSR count). The molecule has 33 heavy (non-hydrogen) atoms. The number of benzene rings is 1. The minimum Gasteiger partial charge on any atom is -0.385 e. The molecule has 176 valence electrons. The van der Waals surface area contributed by atoms with Crippen LogP contribution in [0.3, 0.4) is 0 Å². The zero-order chi connectivity index (χ0) is 23.0. The molecule has 2 aliphatic rings. The first kappa shape index (κ1) is 23.9. The van der Waals surface area contributed by atoms with Gasteiger partial charge in [0.1, 0.15) is 11.1 Å². The monoisotopic (exact) mass is 465 g/mol. The Kier molecular flexibility index (Phi) is 8.55. The van der Waals surface area contributed by atoms with E-state index in [2.05, 4.69) is 28.4 Å². The Morgan fingerprint density at radius 3 is 2.88 bits per heavy atom. The molecule has 1 saturated carbocycles. The van der Waals surface area contributed by atoms with Gasteiger partial charge in [-0.1, -0.05) is 43.5 Å². The third-order valence-corrected chi connectivity index (χ3v) is 8.11. The molecule has 1 aliphatic carbocycles. The quantitative estimate of drug-likeness (QED) is 0.509. The van der Waals surface area contributed by atoms with Crippen LogP contribution in [0, 0.1) is 17.2 Å². The summed E-state index contributed by atoms with van der Waals surface area (Å²) in [5.74, 6) is 0.743. The second-order valence-corrected chi connectivity index (χ2v) is 10.6. The van der Waals surface area contributed by atoms with E-state index in [0.717, 1.165) is 67.5 Å². The Labute approximate surface area is 201 Å². The molecule has 1 N–H and O–H groups in total. The minimum absolute atomic E-state index is 0.0572. The second-order valence-electron chi connectivity index (χ2n) is 9.45. The molecule has 2 aromatic rings. The van der Waals surface area contributed by atoms with Gasteiger partial charge in [0.2, 0.25) is 5.91 Å². The summed E-state index contributed by atoms with van der Waals surface area (Å²) in [6.07, 6.45) is 9.98. The molecular weight excluding hydrogens is 430 g/mol. The van der Waals surface area contributed by atoms with Crippen molar-refractivity contribution in [1.29, 1.82) is 5.26 Å². The third kappa shape index (κ3) is 6.44. The molecule has 0 saturated heterocycles. The van der Waals surface area contributed by atoms with Gasteiger partial charge in [0, 0.05) is 43.8 Å². The molecule has 0 spiro atoms. The van der Waals surface area contributed by atoms with E-state index in [0.29, 0.717) is 12.0 Å². The molecule has 6 heteroatoms. The second kappa shape index (κ2) is 11.8. The van der Waals surface area contributed by atoms with Crippen molar-refractivity contribution in [2.24, 2.45) is 5.92 Å². The van der Waals surface area contributed by atoms with E-state index >= 15 is 0 Å². The Hall–Kier alpha value is -2.20. The van der Waals surface area contributed by atoms with Crippen LogP contribution in [-0.2, 0) is 35.3 Å². The van der Waals surface area contributed by atoms with E-state index < -0.39 is 0 Å². The van der Waals surface area contributed by atoms with Gasteiger partial charge < -0.3 is 10.1 Å². The van der Waals surface area contributed by atoms with Gasteiger partial charge in [-0.15, -0.1) is 11.3 Å². The molecule has 1 aromatic heterocycles. The topological polar surface area (TPSA) is 65.4 Å². The van der Waals surface area contributed by atoms with Crippen LogP contribution in [0.1, 0.15) is 65.7 Å². The largest absolute Gasteiger partial charge is 0.385 e. The highest BCUT2D eigenvalue weighted by atomic mass is 32.1. The average Bonchev–Trinajstić information content (AvgIpc) is 3.16. The third-order valence-electron chi connectivity index (χ3n) is 6.90. The number of amides is 1. The van der Waals surface area contributed by atoms with E-state index in [-0.39, 0.29) is 5.91 Å². The van der Waals surface area contributed by atoms with Gasteiger partial charge in [0.05, 0.1) is 12.0 Å². The highest BCUT2D eigenvalue weighted by Gasteiger charge is 2.27. The molecule has 5 nitrogen and oxygen atoms in total. The minimum atomic E-state index is -0.0572. The van der Waals surface area contributed by atoms with Crippen LogP contribution in [0.5, 0.6) is 0 Å². The number of rotatable bonds is 9. The Morgan fingerprint density at radius 2 is 2.09 bits per heavy atom. The number of nitrogens with one attached hydrogen (secondary N) is 1. The number of aryl methyl sites for hydroxylation is 1. The van der Waals surface area contributed by atoms with E-state index in [1.165, 1.54) is 42.5 Å². The molecule has 1 aromatic carbocycles. The Bertz CT molecular complexity index is 988.